The molecule has 1 aliphatic rings. The van der Waals surface area contributed by atoms with Crippen molar-refractivity contribution in [2.24, 2.45) is 11.8 Å². The second-order valence-corrected chi connectivity index (χ2v) is 11.2. The molecule has 7 heteroatoms. The highest BCUT2D eigenvalue weighted by molar-refractivity contribution is 5.75. The standard InChI is InChI=1S/C18H31NO6.C9H20.2C3H8/c1-15(20)6-3-4-7-17(21)24-13-16(12-23-2)14-25-18(22)8-11-19-9-5-10-19;1-4-5-6-7-8-9(2)3;2*1-3-2/h16H,3-14H2,1-2H3;9H,4-8H2,1-3H3;2*3H2,1-2H3. The van der Waals surface area contributed by atoms with Crippen LogP contribution in [-0.2, 0) is 28.6 Å². The molecule has 1 aliphatic heterocycles. The molecule has 0 aromatic rings. The molecule has 40 heavy (non-hydrogen) atoms. The van der Waals surface area contributed by atoms with E-state index in [0.717, 1.165) is 25.6 Å². The average molecular weight is 574 g/mol. The zero-order chi connectivity index (χ0) is 31.0. The largest absolute Gasteiger partial charge is 0.465 e. The molecule has 0 saturated carbocycles. The summed E-state index contributed by atoms with van der Waals surface area (Å²) < 4.78 is 15.6. The van der Waals surface area contributed by atoms with Gasteiger partial charge in [0.1, 0.15) is 5.78 Å². The van der Waals surface area contributed by atoms with E-state index >= 15 is 0 Å². The van der Waals surface area contributed by atoms with Gasteiger partial charge in [-0.3, -0.25) is 9.59 Å². The lowest BCUT2D eigenvalue weighted by Crippen LogP contribution is -2.38. The van der Waals surface area contributed by atoms with Gasteiger partial charge in [-0.25, -0.2) is 0 Å². The minimum atomic E-state index is -0.297. The molecular formula is C33H67NO6. The quantitative estimate of drug-likeness (QED) is 0.114. The Morgan fingerprint density at radius 3 is 1.68 bits per heavy atom. The van der Waals surface area contributed by atoms with Crippen LogP contribution >= 0.6 is 0 Å². The first-order chi connectivity index (χ1) is 19.1. The number of ether oxygens (including phenoxy) is 3. The van der Waals surface area contributed by atoms with E-state index in [1.54, 1.807) is 14.0 Å². The fraction of sp³-hybridized carbons (Fsp3) is 0.909. The van der Waals surface area contributed by atoms with Crippen molar-refractivity contribution >= 4 is 17.7 Å². The first kappa shape index (κ1) is 43.0. The van der Waals surface area contributed by atoms with Gasteiger partial charge in [-0.05, 0) is 45.2 Å². The van der Waals surface area contributed by atoms with Crippen molar-refractivity contribution in [3.05, 3.63) is 0 Å². The summed E-state index contributed by atoms with van der Waals surface area (Å²) in [4.78, 5) is 36.5. The Kier molecular flexibility index (Phi) is 36.3. The van der Waals surface area contributed by atoms with Crippen LogP contribution in [0.3, 0.4) is 0 Å². The fourth-order valence-corrected chi connectivity index (χ4v) is 3.42. The van der Waals surface area contributed by atoms with Crippen LogP contribution in [-0.4, -0.2) is 69.2 Å². The zero-order valence-corrected chi connectivity index (χ0v) is 28.0. The van der Waals surface area contributed by atoms with Crippen LogP contribution in [0.5, 0.6) is 0 Å². The third-order valence-electron chi connectivity index (χ3n) is 5.74. The number of esters is 2. The van der Waals surface area contributed by atoms with E-state index in [1.165, 1.54) is 51.4 Å². The van der Waals surface area contributed by atoms with Crippen LogP contribution in [0.4, 0.5) is 0 Å². The third-order valence-corrected chi connectivity index (χ3v) is 5.74. The van der Waals surface area contributed by atoms with Gasteiger partial charge in [0.05, 0.1) is 32.2 Å². The molecule has 1 heterocycles. The van der Waals surface area contributed by atoms with Gasteiger partial charge >= 0.3 is 11.9 Å². The lowest BCUT2D eigenvalue weighted by Gasteiger charge is -2.30. The van der Waals surface area contributed by atoms with Crippen molar-refractivity contribution in [2.45, 2.75) is 139 Å². The van der Waals surface area contributed by atoms with Crippen LogP contribution < -0.4 is 0 Å². The van der Waals surface area contributed by atoms with Crippen molar-refractivity contribution in [2.75, 3.05) is 46.6 Å². The Hall–Kier alpha value is -1.47. The third kappa shape index (κ3) is 36.5. The topological polar surface area (TPSA) is 82.1 Å². The summed E-state index contributed by atoms with van der Waals surface area (Å²) in [5.74, 6) is 0.336. The van der Waals surface area contributed by atoms with E-state index in [0.29, 0.717) is 38.7 Å². The van der Waals surface area contributed by atoms with Gasteiger partial charge in [-0.1, -0.05) is 93.4 Å². The number of unbranched alkanes of at least 4 members (excludes halogenated alkanes) is 4. The van der Waals surface area contributed by atoms with E-state index in [9.17, 15) is 14.4 Å². The fourth-order valence-electron chi connectivity index (χ4n) is 3.42. The SMILES string of the molecule is CCC.CCC.CCCCCCC(C)C.COCC(COC(=O)CCCCC(C)=O)COC(=O)CCN1CCC1. The maximum atomic E-state index is 11.7. The Morgan fingerprint density at radius 1 is 0.725 bits per heavy atom. The molecule has 0 aliphatic carbocycles. The number of hydrogen-bond donors (Lipinski definition) is 0. The molecule has 1 atom stereocenters. The number of rotatable bonds is 19. The molecule has 1 rings (SSSR count). The molecule has 0 aromatic carbocycles. The van der Waals surface area contributed by atoms with Crippen molar-refractivity contribution < 1.29 is 28.6 Å². The number of hydrogen-bond acceptors (Lipinski definition) is 7. The number of carbonyl (C=O) groups excluding carboxylic acids is 3. The van der Waals surface area contributed by atoms with E-state index in [1.807, 2.05) is 0 Å². The lowest BCUT2D eigenvalue weighted by molar-refractivity contribution is -0.150. The molecule has 0 radical (unpaired) electrons. The van der Waals surface area contributed by atoms with E-state index in [4.69, 9.17) is 14.2 Å². The number of methoxy groups -OCH3 is 1. The van der Waals surface area contributed by atoms with Crippen LogP contribution in [0.25, 0.3) is 0 Å². The summed E-state index contributed by atoms with van der Waals surface area (Å²) in [6, 6.07) is 0. The number of likely N-dealkylation sites (tertiary alicyclic amines) is 1. The summed E-state index contributed by atoms with van der Waals surface area (Å²) >= 11 is 0. The summed E-state index contributed by atoms with van der Waals surface area (Å²) in [5, 5.41) is 0. The maximum absolute atomic E-state index is 11.7. The molecule has 1 saturated heterocycles. The van der Waals surface area contributed by atoms with Crippen molar-refractivity contribution in [1.82, 2.24) is 4.90 Å². The molecule has 0 spiro atoms. The summed E-state index contributed by atoms with van der Waals surface area (Å²) in [6.07, 6.45) is 13.3. The molecule has 240 valence electrons. The smallest absolute Gasteiger partial charge is 0.307 e. The average Bonchev–Trinajstić information content (AvgIpc) is 2.86. The molecule has 7 nitrogen and oxygen atoms in total. The van der Waals surface area contributed by atoms with E-state index < -0.39 is 0 Å². The van der Waals surface area contributed by atoms with Gasteiger partial charge in [0.15, 0.2) is 0 Å². The van der Waals surface area contributed by atoms with Crippen molar-refractivity contribution in [3.8, 4) is 0 Å². The van der Waals surface area contributed by atoms with Crippen LogP contribution in [0.2, 0.25) is 0 Å². The highest BCUT2D eigenvalue weighted by Gasteiger charge is 2.18. The van der Waals surface area contributed by atoms with Gasteiger partial charge in [0.2, 0.25) is 0 Å². The first-order valence-electron chi connectivity index (χ1n) is 16.1. The summed E-state index contributed by atoms with van der Waals surface area (Å²) in [7, 11) is 1.56. The predicted molar refractivity (Wildman–Crippen MR) is 168 cm³/mol. The normalized spacial score (nSPS) is 12.8. The van der Waals surface area contributed by atoms with Gasteiger partial charge in [0.25, 0.3) is 0 Å². The highest BCUT2D eigenvalue weighted by atomic mass is 16.5. The van der Waals surface area contributed by atoms with Gasteiger partial charge in [-0.15, -0.1) is 0 Å². The number of ketones is 1. The summed E-state index contributed by atoms with van der Waals surface area (Å²) in [5.41, 5.74) is 0. The Labute approximate surface area is 248 Å². The minimum Gasteiger partial charge on any atom is -0.465 e. The van der Waals surface area contributed by atoms with Crippen LogP contribution in [0.15, 0.2) is 0 Å². The molecule has 1 unspecified atom stereocenters. The van der Waals surface area contributed by atoms with E-state index in [2.05, 4.69) is 53.4 Å². The Morgan fingerprint density at radius 2 is 1.25 bits per heavy atom. The molecule has 0 bridgehead atoms. The van der Waals surface area contributed by atoms with Crippen LogP contribution in [0.1, 0.15) is 139 Å². The monoisotopic (exact) mass is 573 g/mol. The molecule has 1 fully saturated rings. The lowest BCUT2D eigenvalue weighted by atomic mass is 10.1. The minimum absolute atomic E-state index is 0.129. The van der Waals surface area contributed by atoms with Crippen molar-refractivity contribution in [1.29, 1.82) is 0 Å². The number of Topliss-reactive ketones (excluding diaryl/α,β-unsaturated/α-hetero) is 1. The second-order valence-electron chi connectivity index (χ2n) is 11.2. The number of carbonyl (C=O) groups is 3. The molecule has 0 amide bonds. The van der Waals surface area contributed by atoms with E-state index in [-0.39, 0.29) is 36.9 Å². The zero-order valence-electron chi connectivity index (χ0n) is 28.0. The summed E-state index contributed by atoms with van der Waals surface area (Å²) in [6.45, 7) is 20.5. The number of nitrogens with zero attached hydrogens (tertiary/aromatic N) is 1. The molecular weight excluding hydrogens is 506 g/mol. The van der Waals surface area contributed by atoms with Gasteiger partial charge in [-0.2, -0.15) is 0 Å². The van der Waals surface area contributed by atoms with Crippen molar-refractivity contribution in [3.63, 3.8) is 0 Å². The molecule has 0 N–H and O–H groups in total. The molecule has 0 aromatic heterocycles. The maximum Gasteiger partial charge on any atom is 0.307 e. The van der Waals surface area contributed by atoms with Gasteiger partial charge in [0, 0.05) is 26.5 Å². The predicted octanol–water partition coefficient (Wildman–Crippen LogP) is 8.03. The second kappa shape index (κ2) is 33.7. The van der Waals surface area contributed by atoms with Gasteiger partial charge < -0.3 is 23.9 Å². The van der Waals surface area contributed by atoms with Crippen LogP contribution in [0, 0.1) is 11.8 Å². The Balaban J connectivity index is -0.000000752. The first-order valence-corrected chi connectivity index (χ1v) is 16.1. The highest BCUT2D eigenvalue weighted by Crippen LogP contribution is 2.09. The Bertz CT molecular complexity index is 561.